The SMILES string of the molecule is CCC(OC)(c1ccc(-c2ccc(OC)cc2)cc1)C(c1ccccc1)c1ccccc1. The van der Waals surface area contributed by atoms with Crippen molar-refractivity contribution in [2.75, 3.05) is 14.2 Å². The van der Waals surface area contributed by atoms with E-state index in [2.05, 4.69) is 104 Å². The molecule has 0 saturated heterocycles. The Labute approximate surface area is 191 Å². The Morgan fingerprint density at radius 2 is 1.09 bits per heavy atom. The van der Waals surface area contributed by atoms with Crippen molar-refractivity contribution >= 4 is 0 Å². The van der Waals surface area contributed by atoms with E-state index in [1.807, 2.05) is 19.2 Å². The van der Waals surface area contributed by atoms with Gasteiger partial charge in [0.2, 0.25) is 0 Å². The van der Waals surface area contributed by atoms with Crippen molar-refractivity contribution in [1.29, 1.82) is 0 Å². The Bertz CT molecular complexity index is 1060. The molecule has 0 aliphatic rings. The lowest BCUT2D eigenvalue weighted by Gasteiger charge is -2.40. The van der Waals surface area contributed by atoms with Gasteiger partial charge in [-0.3, -0.25) is 0 Å². The number of hydrogen-bond acceptors (Lipinski definition) is 2. The maximum Gasteiger partial charge on any atom is 0.118 e. The van der Waals surface area contributed by atoms with Crippen molar-refractivity contribution in [3.63, 3.8) is 0 Å². The zero-order chi connectivity index (χ0) is 22.4. The first-order valence-corrected chi connectivity index (χ1v) is 11.1. The standard InChI is InChI=1S/C30H30O2/c1-4-30(32-3,29(25-11-7-5-8-12-25)26-13-9-6-10-14-26)27-19-15-23(16-20-27)24-17-21-28(31-2)22-18-24/h5-22,29H,4H2,1-3H3. The van der Waals surface area contributed by atoms with E-state index >= 15 is 0 Å². The van der Waals surface area contributed by atoms with E-state index < -0.39 is 5.60 Å². The molecule has 0 N–H and O–H groups in total. The quantitative estimate of drug-likeness (QED) is 0.294. The summed E-state index contributed by atoms with van der Waals surface area (Å²) in [5.41, 5.74) is 5.54. The molecule has 4 rings (SSSR count). The molecule has 162 valence electrons. The van der Waals surface area contributed by atoms with Crippen LogP contribution < -0.4 is 4.74 Å². The van der Waals surface area contributed by atoms with Gasteiger partial charge in [0.15, 0.2) is 0 Å². The second-order valence-corrected chi connectivity index (χ2v) is 8.01. The van der Waals surface area contributed by atoms with Crippen molar-refractivity contribution in [2.45, 2.75) is 24.9 Å². The lowest BCUT2D eigenvalue weighted by atomic mass is 9.72. The zero-order valence-corrected chi connectivity index (χ0v) is 19.0. The molecule has 0 amide bonds. The van der Waals surface area contributed by atoms with Crippen molar-refractivity contribution in [3.05, 3.63) is 126 Å². The van der Waals surface area contributed by atoms with Gasteiger partial charge in [-0.25, -0.2) is 0 Å². The third-order valence-electron chi connectivity index (χ3n) is 6.42. The molecule has 0 saturated carbocycles. The average molecular weight is 423 g/mol. The number of ether oxygens (including phenoxy) is 2. The fourth-order valence-corrected chi connectivity index (χ4v) is 4.71. The molecule has 0 heterocycles. The maximum absolute atomic E-state index is 6.40. The van der Waals surface area contributed by atoms with Gasteiger partial charge in [0, 0.05) is 13.0 Å². The highest BCUT2D eigenvalue weighted by atomic mass is 16.5. The van der Waals surface area contributed by atoms with Crippen LogP contribution in [0.2, 0.25) is 0 Å². The predicted molar refractivity (Wildman–Crippen MR) is 132 cm³/mol. The Hall–Kier alpha value is -3.36. The fraction of sp³-hybridized carbons (Fsp3) is 0.200. The van der Waals surface area contributed by atoms with Crippen LogP contribution in [0.3, 0.4) is 0 Å². The van der Waals surface area contributed by atoms with Gasteiger partial charge >= 0.3 is 0 Å². The van der Waals surface area contributed by atoms with Crippen LogP contribution in [0.4, 0.5) is 0 Å². The molecule has 2 nitrogen and oxygen atoms in total. The number of rotatable bonds is 8. The fourth-order valence-electron chi connectivity index (χ4n) is 4.71. The van der Waals surface area contributed by atoms with Gasteiger partial charge in [0.25, 0.3) is 0 Å². The summed E-state index contributed by atoms with van der Waals surface area (Å²) >= 11 is 0. The van der Waals surface area contributed by atoms with Crippen LogP contribution in [0.25, 0.3) is 11.1 Å². The van der Waals surface area contributed by atoms with E-state index in [0.29, 0.717) is 0 Å². The summed E-state index contributed by atoms with van der Waals surface area (Å²) < 4.78 is 11.7. The van der Waals surface area contributed by atoms with E-state index in [1.54, 1.807) is 7.11 Å². The number of hydrogen-bond donors (Lipinski definition) is 0. The highest BCUT2D eigenvalue weighted by Crippen LogP contribution is 2.46. The molecule has 0 aliphatic carbocycles. The molecule has 1 atom stereocenters. The summed E-state index contributed by atoms with van der Waals surface area (Å²) in [5.74, 6) is 0.940. The van der Waals surface area contributed by atoms with Gasteiger partial charge in [-0.15, -0.1) is 0 Å². The molecule has 0 aliphatic heterocycles. The maximum atomic E-state index is 6.40. The van der Waals surface area contributed by atoms with Gasteiger partial charge in [-0.2, -0.15) is 0 Å². The molecule has 4 aromatic carbocycles. The summed E-state index contributed by atoms with van der Waals surface area (Å²) in [6.07, 6.45) is 0.847. The van der Waals surface area contributed by atoms with Crippen molar-refractivity contribution in [1.82, 2.24) is 0 Å². The Morgan fingerprint density at radius 3 is 1.50 bits per heavy atom. The third-order valence-corrected chi connectivity index (χ3v) is 6.42. The third kappa shape index (κ3) is 4.19. The lowest BCUT2D eigenvalue weighted by molar-refractivity contribution is -0.0326. The largest absolute Gasteiger partial charge is 0.497 e. The van der Waals surface area contributed by atoms with Crippen LogP contribution in [0.1, 0.15) is 36.0 Å². The van der Waals surface area contributed by atoms with Crippen LogP contribution in [0.5, 0.6) is 5.75 Å². The zero-order valence-electron chi connectivity index (χ0n) is 19.0. The highest BCUT2D eigenvalue weighted by molar-refractivity contribution is 5.64. The molecule has 1 unspecified atom stereocenters. The first-order chi connectivity index (χ1) is 15.7. The van der Waals surface area contributed by atoms with Gasteiger partial charge in [0.05, 0.1) is 7.11 Å². The monoisotopic (exact) mass is 422 g/mol. The van der Waals surface area contributed by atoms with Gasteiger partial charge in [-0.1, -0.05) is 104 Å². The smallest absolute Gasteiger partial charge is 0.118 e. The molecule has 2 heteroatoms. The number of methoxy groups -OCH3 is 2. The first-order valence-electron chi connectivity index (χ1n) is 11.1. The Balaban J connectivity index is 1.79. The Kier molecular flexibility index (Phi) is 6.72. The van der Waals surface area contributed by atoms with Gasteiger partial charge < -0.3 is 9.47 Å². The molecule has 0 spiro atoms. The molecule has 0 aromatic heterocycles. The van der Waals surface area contributed by atoms with Crippen LogP contribution in [-0.4, -0.2) is 14.2 Å². The normalized spacial score (nSPS) is 13.0. The van der Waals surface area contributed by atoms with Gasteiger partial charge in [-0.05, 0) is 46.4 Å². The van der Waals surface area contributed by atoms with Crippen LogP contribution in [-0.2, 0) is 10.3 Å². The second kappa shape index (κ2) is 9.84. The molecule has 32 heavy (non-hydrogen) atoms. The highest BCUT2D eigenvalue weighted by Gasteiger charge is 2.41. The first kappa shape index (κ1) is 21.9. The predicted octanol–water partition coefficient (Wildman–Crippen LogP) is 7.45. The van der Waals surface area contributed by atoms with E-state index in [4.69, 9.17) is 9.47 Å². The van der Waals surface area contributed by atoms with Crippen LogP contribution >= 0.6 is 0 Å². The molecule has 0 bridgehead atoms. The minimum absolute atomic E-state index is 0.0757. The second-order valence-electron chi connectivity index (χ2n) is 8.01. The average Bonchev–Trinajstić information content (AvgIpc) is 2.88. The van der Waals surface area contributed by atoms with Crippen molar-refractivity contribution in [3.8, 4) is 16.9 Å². The van der Waals surface area contributed by atoms with E-state index in [1.165, 1.54) is 27.8 Å². The summed E-state index contributed by atoms with van der Waals surface area (Å²) in [7, 11) is 3.52. The summed E-state index contributed by atoms with van der Waals surface area (Å²) in [6.45, 7) is 2.21. The lowest BCUT2D eigenvalue weighted by Crippen LogP contribution is -2.36. The van der Waals surface area contributed by atoms with Gasteiger partial charge in [0.1, 0.15) is 11.4 Å². The summed E-state index contributed by atoms with van der Waals surface area (Å²) in [4.78, 5) is 0. The Morgan fingerprint density at radius 1 is 0.625 bits per heavy atom. The molecule has 0 fully saturated rings. The summed E-state index contributed by atoms with van der Waals surface area (Å²) in [5, 5.41) is 0. The topological polar surface area (TPSA) is 18.5 Å². The van der Waals surface area contributed by atoms with Crippen molar-refractivity contribution < 1.29 is 9.47 Å². The molecular weight excluding hydrogens is 392 g/mol. The summed E-state index contributed by atoms with van der Waals surface area (Å²) in [6, 6.07) is 38.3. The van der Waals surface area contributed by atoms with E-state index in [9.17, 15) is 0 Å². The minimum Gasteiger partial charge on any atom is -0.497 e. The van der Waals surface area contributed by atoms with Crippen LogP contribution in [0, 0.1) is 0 Å². The van der Waals surface area contributed by atoms with E-state index in [0.717, 1.165) is 12.2 Å². The number of benzene rings is 4. The molecule has 4 aromatic rings. The molecular formula is C30H30O2. The molecule has 0 radical (unpaired) electrons. The van der Waals surface area contributed by atoms with E-state index in [-0.39, 0.29) is 5.92 Å². The van der Waals surface area contributed by atoms with Crippen molar-refractivity contribution in [2.24, 2.45) is 0 Å². The van der Waals surface area contributed by atoms with Crippen LogP contribution in [0.15, 0.2) is 109 Å². The minimum atomic E-state index is -0.485.